The molecule has 6 rings (SSSR count). The number of piperazine rings is 1. The van der Waals surface area contributed by atoms with Crippen molar-refractivity contribution in [3.63, 3.8) is 0 Å². The maximum absolute atomic E-state index is 5.60. The van der Waals surface area contributed by atoms with Crippen molar-refractivity contribution < 1.29 is 9.47 Å². The van der Waals surface area contributed by atoms with Gasteiger partial charge in [0.1, 0.15) is 0 Å². The Morgan fingerprint density at radius 2 is 1.51 bits per heavy atom. The zero-order chi connectivity index (χ0) is 23.8. The van der Waals surface area contributed by atoms with Gasteiger partial charge in [-0.2, -0.15) is 0 Å². The average Bonchev–Trinajstić information content (AvgIpc) is 3.78. The van der Waals surface area contributed by atoms with Gasteiger partial charge in [0.25, 0.3) is 0 Å². The van der Waals surface area contributed by atoms with Crippen molar-refractivity contribution >= 4 is 54.6 Å². The van der Waals surface area contributed by atoms with Crippen LogP contribution in [0, 0.1) is 0 Å². The second kappa shape index (κ2) is 9.88. The summed E-state index contributed by atoms with van der Waals surface area (Å²) in [4.78, 5) is 14.9. The summed E-state index contributed by atoms with van der Waals surface area (Å²) < 4.78 is 16.4. The Balaban J connectivity index is 1.23. The van der Waals surface area contributed by atoms with Gasteiger partial charge in [0.2, 0.25) is 0 Å². The van der Waals surface area contributed by atoms with Gasteiger partial charge in [0.15, 0.2) is 11.5 Å². The summed E-state index contributed by atoms with van der Waals surface area (Å²) in [6.45, 7) is 5.06. The van der Waals surface area contributed by atoms with Crippen LogP contribution in [0.5, 0.6) is 11.5 Å². The molecule has 2 aromatic carbocycles. The summed E-state index contributed by atoms with van der Waals surface area (Å²) in [6.07, 6.45) is 4.99. The fourth-order valence-electron chi connectivity index (χ4n) is 5.12. The Hall–Kier alpha value is -2.48. The third kappa shape index (κ3) is 4.69. The second-order valence-corrected chi connectivity index (χ2v) is 13.6. The zero-order valence-electron chi connectivity index (χ0n) is 20.6. The van der Waals surface area contributed by atoms with Crippen molar-refractivity contribution in [3.8, 4) is 11.5 Å². The standard InChI is InChI=1S/C27H32N5O2.In/c1-4-5-12-28-20-8-10-21(11-9-20)31-13-15-32(16-14-31)27-22-17-24(33-2)25(34-3)18-23(22)29-26(30-27)19-6-7-19;/h1,8-11,17-19H,4-7,12-16H2,2-3H3;/q-1;+1. The number of methoxy groups -OCH3 is 2. The molecule has 3 aromatic rings. The van der Waals surface area contributed by atoms with Crippen molar-refractivity contribution in [1.29, 1.82) is 0 Å². The molecule has 2 aliphatic heterocycles. The van der Waals surface area contributed by atoms with Gasteiger partial charge in [-0.15, -0.1) is 0 Å². The summed E-state index contributed by atoms with van der Waals surface area (Å²) in [5.41, 5.74) is 3.67. The molecule has 180 valence electrons. The Bertz CT molecular complexity index is 1240. The van der Waals surface area contributed by atoms with E-state index in [1.807, 2.05) is 12.1 Å². The molecular weight excluding hydrogens is 541 g/mol. The smallest absolute Gasteiger partial charge is 0.493 e. The van der Waals surface area contributed by atoms with Crippen LogP contribution in [0.4, 0.5) is 17.2 Å². The first kappa shape index (κ1) is 23.0. The van der Waals surface area contributed by atoms with Crippen molar-refractivity contribution in [1.82, 2.24) is 9.97 Å². The summed E-state index contributed by atoms with van der Waals surface area (Å²) in [6, 6.07) is 13.3. The monoisotopic (exact) mass is 573 g/mol. The van der Waals surface area contributed by atoms with E-state index in [2.05, 4.69) is 40.7 Å². The molecule has 8 heteroatoms. The third-order valence-electron chi connectivity index (χ3n) is 7.32. The summed E-state index contributed by atoms with van der Waals surface area (Å²) in [7, 11) is 3.35. The molecule has 3 aliphatic rings. The normalized spacial score (nSPS) is 18.1. The minimum atomic E-state index is -0.691. The van der Waals surface area contributed by atoms with Gasteiger partial charge in [-0.05, 0) is 12.8 Å². The minimum absolute atomic E-state index is 0.493. The molecule has 7 nitrogen and oxygen atoms in total. The van der Waals surface area contributed by atoms with Crippen LogP contribution in [0.2, 0.25) is 0 Å². The van der Waals surface area contributed by atoms with Gasteiger partial charge in [0.05, 0.1) is 14.2 Å². The van der Waals surface area contributed by atoms with E-state index in [1.165, 1.54) is 43.6 Å². The molecule has 0 unspecified atom stereocenters. The molecule has 2 fully saturated rings. The van der Waals surface area contributed by atoms with E-state index < -0.39 is 22.7 Å². The third-order valence-corrected chi connectivity index (χ3v) is 11.5. The molecule has 0 atom stereocenters. The van der Waals surface area contributed by atoms with Crippen LogP contribution in [-0.4, -0.2) is 83.4 Å². The van der Waals surface area contributed by atoms with E-state index in [1.54, 1.807) is 14.2 Å². The van der Waals surface area contributed by atoms with Gasteiger partial charge < -0.3 is 9.47 Å². The summed E-state index contributed by atoms with van der Waals surface area (Å²) >= 11 is -0.691. The number of benzene rings is 2. The molecule has 0 spiro atoms. The number of hydrogen-bond acceptors (Lipinski definition) is 7. The fourth-order valence-corrected chi connectivity index (χ4v) is 8.88. The quantitative estimate of drug-likeness (QED) is 0.444. The Labute approximate surface area is 218 Å². The molecule has 0 radical (unpaired) electrons. The minimum Gasteiger partial charge on any atom is -0.493 e. The first-order chi connectivity index (χ1) is 17.2. The van der Waals surface area contributed by atoms with Crippen molar-refractivity contribution in [3.05, 3.63) is 42.2 Å². The Kier molecular flexibility index (Phi) is 6.48. The number of aromatic nitrogens is 2. The van der Waals surface area contributed by atoms with Gasteiger partial charge >= 0.3 is 154 Å². The van der Waals surface area contributed by atoms with Crippen LogP contribution in [0.15, 0.2) is 36.4 Å². The molecule has 1 aliphatic carbocycles. The molecule has 1 saturated heterocycles. The molecule has 0 N–H and O–H groups in total. The van der Waals surface area contributed by atoms with Crippen LogP contribution >= 0.6 is 0 Å². The fraction of sp³-hybridized carbons (Fsp3) is 0.444. The van der Waals surface area contributed by atoms with E-state index in [-0.39, 0.29) is 0 Å². The number of fused-ring (bicyclic) bond motifs is 1. The Morgan fingerprint density at radius 3 is 2.17 bits per heavy atom. The van der Waals surface area contributed by atoms with Gasteiger partial charge in [-0.3, -0.25) is 0 Å². The van der Waals surface area contributed by atoms with Crippen molar-refractivity contribution in [2.45, 2.75) is 31.6 Å². The van der Waals surface area contributed by atoms with Crippen LogP contribution in [0.3, 0.4) is 0 Å². The van der Waals surface area contributed by atoms with E-state index in [4.69, 9.17) is 19.4 Å². The molecule has 35 heavy (non-hydrogen) atoms. The Morgan fingerprint density at radius 1 is 0.829 bits per heavy atom. The predicted molar refractivity (Wildman–Crippen MR) is 144 cm³/mol. The number of nitrogens with zero attached hydrogens (tertiary/aromatic N) is 5. The topological polar surface area (TPSA) is 54.0 Å². The first-order valence-electron chi connectivity index (χ1n) is 12.7. The van der Waals surface area contributed by atoms with Crippen LogP contribution < -0.4 is 22.2 Å². The maximum atomic E-state index is 5.60. The van der Waals surface area contributed by atoms with E-state index in [9.17, 15) is 0 Å². The number of hydrogen-bond donors (Lipinski definition) is 0. The predicted octanol–water partition coefficient (Wildman–Crippen LogP) is 3.87. The molecule has 1 saturated carbocycles. The van der Waals surface area contributed by atoms with Crippen LogP contribution in [0.1, 0.15) is 37.4 Å². The molecule has 0 amide bonds. The summed E-state index contributed by atoms with van der Waals surface area (Å²) in [5.74, 6) is 3.93. The molecule has 3 heterocycles. The van der Waals surface area contributed by atoms with Gasteiger partial charge in [0, 0.05) is 12.0 Å². The second-order valence-electron chi connectivity index (χ2n) is 9.61. The summed E-state index contributed by atoms with van der Waals surface area (Å²) in [5, 5.41) is 1.04. The number of ether oxygens (including phenoxy) is 2. The van der Waals surface area contributed by atoms with Crippen molar-refractivity contribution in [2.24, 2.45) is 0 Å². The molecule has 0 bridgehead atoms. The van der Waals surface area contributed by atoms with E-state index in [0.717, 1.165) is 54.5 Å². The first-order valence-corrected chi connectivity index (χ1v) is 16.1. The van der Waals surface area contributed by atoms with E-state index >= 15 is 0 Å². The number of rotatable bonds is 6. The molecular formula is C27H32InN5O2. The van der Waals surface area contributed by atoms with Gasteiger partial charge in [-0.25, -0.2) is 4.98 Å². The van der Waals surface area contributed by atoms with Crippen LogP contribution in [0.25, 0.3) is 10.9 Å². The van der Waals surface area contributed by atoms with Crippen LogP contribution in [-0.2, 0) is 0 Å². The van der Waals surface area contributed by atoms with E-state index in [0.29, 0.717) is 11.7 Å². The zero-order valence-corrected chi connectivity index (χ0v) is 23.9. The van der Waals surface area contributed by atoms with Crippen molar-refractivity contribution in [2.75, 3.05) is 59.6 Å². The average molecular weight is 573 g/mol. The van der Waals surface area contributed by atoms with Gasteiger partial charge in [-0.1, -0.05) is 0 Å². The number of anilines is 3. The SMILES string of the molecule is COc1cc2nc(C3CC3)nc(N3CCN(c4ccc([N]5CCC[CH]=[In]5)cc4)CC3)c2cc1OC. The molecule has 1 aromatic heterocycles.